The number of nitrogens with one attached hydrogen (secondary N) is 2. The van der Waals surface area contributed by atoms with E-state index in [1.807, 2.05) is 19.1 Å². The molecular formula is C15H24N2O3S. The molecule has 1 fully saturated rings. The molecule has 1 aromatic carbocycles. The van der Waals surface area contributed by atoms with Gasteiger partial charge in [0.25, 0.3) is 0 Å². The molecule has 1 aromatic rings. The van der Waals surface area contributed by atoms with Crippen LogP contribution in [0.1, 0.15) is 25.3 Å². The average molecular weight is 312 g/mol. The maximum absolute atomic E-state index is 12.4. The molecule has 0 bridgehead atoms. The van der Waals surface area contributed by atoms with E-state index >= 15 is 0 Å². The number of rotatable bonds is 9. The molecule has 0 aliphatic heterocycles. The summed E-state index contributed by atoms with van der Waals surface area (Å²) in [6.07, 6.45) is 2.50. The molecule has 1 saturated carbocycles. The highest BCUT2D eigenvalue weighted by molar-refractivity contribution is 7.89. The average Bonchev–Trinajstić information content (AvgIpc) is 3.23. The monoisotopic (exact) mass is 312 g/mol. The molecule has 0 amide bonds. The summed E-state index contributed by atoms with van der Waals surface area (Å²) in [6.45, 7) is 3.40. The van der Waals surface area contributed by atoms with Crippen molar-refractivity contribution in [2.45, 2.75) is 43.2 Å². The van der Waals surface area contributed by atoms with Crippen LogP contribution in [0.3, 0.4) is 0 Å². The highest BCUT2D eigenvalue weighted by Gasteiger charge is 2.29. The Labute approximate surface area is 127 Å². The van der Waals surface area contributed by atoms with E-state index < -0.39 is 10.0 Å². The lowest BCUT2D eigenvalue weighted by molar-refractivity contribution is 0.166. The van der Waals surface area contributed by atoms with Crippen molar-refractivity contribution in [3.8, 4) is 0 Å². The normalized spacial score (nSPS) is 16.9. The minimum absolute atomic E-state index is 0.109. The minimum atomic E-state index is -3.42. The van der Waals surface area contributed by atoms with Gasteiger partial charge in [0.15, 0.2) is 0 Å². The lowest BCUT2D eigenvalue weighted by Gasteiger charge is -2.19. The summed E-state index contributed by atoms with van der Waals surface area (Å²) in [7, 11) is -1.77. The molecule has 0 aromatic heterocycles. The second-order valence-electron chi connectivity index (χ2n) is 5.42. The molecule has 1 atom stereocenters. The summed E-state index contributed by atoms with van der Waals surface area (Å²) in [5.74, 6) is 0. The second kappa shape index (κ2) is 7.35. The zero-order valence-corrected chi connectivity index (χ0v) is 13.4. The van der Waals surface area contributed by atoms with Crippen LogP contribution in [0.2, 0.25) is 0 Å². The number of sulfonamides is 1. The molecule has 1 unspecified atom stereocenters. The fourth-order valence-electron chi connectivity index (χ4n) is 2.36. The van der Waals surface area contributed by atoms with Crippen LogP contribution < -0.4 is 10.0 Å². The Balaban J connectivity index is 2.19. The Morgan fingerprint density at radius 3 is 2.67 bits per heavy atom. The Kier molecular flexibility index (Phi) is 5.75. The van der Waals surface area contributed by atoms with Crippen LogP contribution >= 0.6 is 0 Å². The van der Waals surface area contributed by atoms with Crippen molar-refractivity contribution in [1.82, 2.24) is 10.0 Å². The Bertz CT molecular complexity index is 550. The summed E-state index contributed by atoms with van der Waals surface area (Å²) in [5.41, 5.74) is 0.827. The van der Waals surface area contributed by atoms with Crippen LogP contribution in [0.4, 0.5) is 0 Å². The smallest absolute Gasteiger partial charge is 0.241 e. The Morgan fingerprint density at radius 1 is 1.33 bits per heavy atom. The Hall–Kier alpha value is -0.950. The third-order valence-electron chi connectivity index (χ3n) is 3.49. The molecule has 5 nitrogen and oxygen atoms in total. The van der Waals surface area contributed by atoms with Crippen molar-refractivity contribution in [2.75, 3.05) is 20.3 Å². The molecule has 2 rings (SSSR count). The summed E-state index contributed by atoms with van der Waals surface area (Å²) < 4.78 is 32.8. The SMILES string of the molecule is CCNC(COC)Cc1ccccc1S(=O)(=O)NC1CC1. The van der Waals surface area contributed by atoms with E-state index in [1.165, 1.54) is 0 Å². The Morgan fingerprint density at radius 2 is 2.05 bits per heavy atom. The summed E-state index contributed by atoms with van der Waals surface area (Å²) in [4.78, 5) is 0.385. The maximum atomic E-state index is 12.4. The van der Waals surface area contributed by atoms with Crippen molar-refractivity contribution in [1.29, 1.82) is 0 Å². The number of methoxy groups -OCH3 is 1. The molecule has 1 aliphatic carbocycles. The van der Waals surface area contributed by atoms with Crippen LogP contribution in [-0.2, 0) is 21.2 Å². The van der Waals surface area contributed by atoms with Gasteiger partial charge in [0.05, 0.1) is 11.5 Å². The highest BCUT2D eigenvalue weighted by atomic mass is 32.2. The zero-order chi connectivity index (χ0) is 15.3. The van der Waals surface area contributed by atoms with Crippen LogP contribution in [0, 0.1) is 0 Å². The quantitative estimate of drug-likeness (QED) is 0.721. The number of likely N-dealkylation sites (N-methyl/N-ethyl adjacent to an activating group) is 1. The van der Waals surface area contributed by atoms with Crippen LogP contribution in [0.15, 0.2) is 29.2 Å². The molecule has 118 valence electrons. The van der Waals surface area contributed by atoms with Crippen LogP contribution in [0.5, 0.6) is 0 Å². The number of benzene rings is 1. The molecule has 0 spiro atoms. The van der Waals surface area contributed by atoms with Gasteiger partial charge in [-0.1, -0.05) is 25.1 Å². The van der Waals surface area contributed by atoms with Crippen molar-refractivity contribution < 1.29 is 13.2 Å². The van der Waals surface area contributed by atoms with Crippen LogP contribution in [0.25, 0.3) is 0 Å². The molecule has 1 aliphatic rings. The third-order valence-corrected chi connectivity index (χ3v) is 5.11. The molecule has 21 heavy (non-hydrogen) atoms. The van der Waals surface area contributed by atoms with Gasteiger partial charge in [0.2, 0.25) is 10.0 Å². The van der Waals surface area contributed by atoms with E-state index in [9.17, 15) is 8.42 Å². The minimum Gasteiger partial charge on any atom is -0.383 e. The van der Waals surface area contributed by atoms with Gasteiger partial charge in [-0.3, -0.25) is 0 Å². The molecule has 0 saturated heterocycles. The predicted molar refractivity (Wildman–Crippen MR) is 82.8 cm³/mol. The second-order valence-corrected chi connectivity index (χ2v) is 7.10. The fourth-order valence-corrected chi connectivity index (χ4v) is 3.92. The van der Waals surface area contributed by atoms with Gasteiger partial charge >= 0.3 is 0 Å². The summed E-state index contributed by atoms with van der Waals surface area (Å²) in [6, 6.07) is 7.42. The van der Waals surface area contributed by atoms with Crippen molar-refractivity contribution >= 4 is 10.0 Å². The number of ether oxygens (including phenoxy) is 1. The molecular weight excluding hydrogens is 288 g/mol. The lowest BCUT2D eigenvalue weighted by atomic mass is 10.1. The number of hydrogen-bond acceptors (Lipinski definition) is 4. The van der Waals surface area contributed by atoms with E-state index in [1.54, 1.807) is 19.2 Å². The first-order chi connectivity index (χ1) is 10.1. The standard InChI is InChI=1S/C15H24N2O3S/c1-3-16-14(11-20-2)10-12-6-4-5-7-15(12)21(18,19)17-13-8-9-13/h4-7,13-14,16-17H,3,8-11H2,1-2H3. The van der Waals surface area contributed by atoms with Gasteiger partial charge in [0, 0.05) is 19.2 Å². The maximum Gasteiger partial charge on any atom is 0.241 e. The highest BCUT2D eigenvalue weighted by Crippen LogP contribution is 2.24. The molecule has 6 heteroatoms. The molecule has 2 N–H and O–H groups in total. The largest absolute Gasteiger partial charge is 0.383 e. The fraction of sp³-hybridized carbons (Fsp3) is 0.600. The summed E-state index contributed by atoms with van der Waals surface area (Å²) >= 11 is 0. The van der Waals surface area contributed by atoms with Crippen molar-refractivity contribution in [2.24, 2.45) is 0 Å². The number of hydrogen-bond donors (Lipinski definition) is 2. The topological polar surface area (TPSA) is 67.4 Å². The predicted octanol–water partition coefficient (Wildman–Crippen LogP) is 1.29. The van der Waals surface area contributed by atoms with Crippen molar-refractivity contribution in [3.63, 3.8) is 0 Å². The van der Waals surface area contributed by atoms with Gasteiger partial charge in [-0.15, -0.1) is 0 Å². The third kappa shape index (κ3) is 4.78. The van der Waals surface area contributed by atoms with Gasteiger partial charge in [-0.2, -0.15) is 0 Å². The lowest BCUT2D eigenvalue weighted by Crippen LogP contribution is -2.36. The first-order valence-corrected chi connectivity index (χ1v) is 8.87. The van der Waals surface area contributed by atoms with E-state index in [2.05, 4.69) is 10.0 Å². The summed E-state index contributed by atoms with van der Waals surface area (Å²) in [5, 5.41) is 3.32. The van der Waals surface area contributed by atoms with Gasteiger partial charge in [-0.05, 0) is 37.4 Å². The zero-order valence-electron chi connectivity index (χ0n) is 12.6. The van der Waals surface area contributed by atoms with Crippen LogP contribution in [-0.4, -0.2) is 40.8 Å². The van der Waals surface area contributed by atoms with E-state index in [4.69, 9.17) is 4.74 Å². The molecule has 0 heterocycles. The first kappa shape index (κ1) is 16.4. The van der Waals surface area contributed by atoms with E-state index in [0.29, 0.717) is 17.9 Å². The van der Waals surface area contributed by atoms with Crippen molar-refractivity contribution in [3.05, 3.63) is 29.8 Å². The molecule has 0 radical (unpaired) electrons. The van der Waals surface area contributed by atoms with Gasteiger partial charge in [-0.25, -0.2) is 13.1 Å². The van der Waals surface area contributed by atoms with E-state index in [-0.39, 0.29) is 12.1 Å². The van der Waals surface area contributed by atoms with Gasteiger partial charge in [0.1, 0.15) is 0 Å². The van der Waals surface area contributed by atoms with E-state index in [0.717, 1.165) is 24.9 Å². The van der Waals surface area contributed by atoms with Gasteiger partial charge < -0.3 is 10.1 Å². The first-order valence-electron chi connectivity index (χ1n) is 7.39.